The van der Waals surface area contributed by atoms with Gasteiger partial charge in [-0.25, -0.2) is 4.99 Å². The molecule has 2 aliphatic heterocycles. The lowest BCUT2D eigenvalue weighted by molar-refractivity contribution is 0.378. The highest BCUT2D eigenvalue weighted by atomic mass is 15.3. The van der Waals surface area contributed by atoms with Crippen LogP contribution in [0.25, 0.3) is 0 Å². The summed E-state index contributed by atoms with van der Waals surface area (Å²) in [4.78, 5) is 7.18. The molecule has 1 aromatic carbocycles. The summed E-state index contributed by atoms with van der Waals surface area (Å²) in [6.45, 7) is 6.52. The monoisotopic (exact) mass is 324 g/mol. The van der Waals surface area contributed by atoms with Gasteiger partial charge in [0.2, 0.25) is 0 Å². The molecule has 0 bridgehead atoms. The zero-order valence-corrected chi connectivity index (χ0v) is 14.2. The van der Waals surface area contributed by atoms with E-state index in [1.807, 2.05) is 0 Å². The lowest BCUT2D eigenvalue weighted by Gasteiger charge is -2.31. The molecule has 0 fully saturated rings. The van der Waals surface area contributed by atoms with Gasteiger partial charge in [0, 0.05) is 32.6 Å². The number of aryl methyl sites for hydroxylation is 1. The van der Waals surface area contributed by atoms with Crippen LogP contribution in [0, 0.1) is 0 Å². The molecule has 6 nitrogen and oxygen atoms in total. The van der Waals surface area contributed by atoms with Crippen molar-refractivity contribution in [2.24, 2.45) is 4.99 Å². The first kappa shape index (κ1) is 15.2. The molecule has 4 rings (SSSR count). The van der Waals surface area contributed by atoms with E-state index >= 15 is 0 Å². The van der Waals surface area contributed by atoms with Gasteiger partial charge in [0.25, 0.3) is 0 Å². The van der Waals surface area contributed by atoms with Crippen LogP contribution in [0.5, 0.6) is 0 Å². The highest BCUT2D eigenvalue weighted by Gasteiger charge is 2.20. The van der Waals surface area contributed by atoms with E-state index in [1.54, 1.807) is 0 Å². The van der Waals surface area contributed by atoms with E-state index in [2.05, 4.69) is 56.2 Å². The Bertz CT molecular complexity index is 748. The molecule has 0 radical (unpaired) electrons. The van der Waals surface area contributed by atoms with Crippen LogP contribution >= 0.6 is 0 Å². The van der Waals surface area contributed by atoms with Crippen LogP contribution in [0.2, 0.25) is 0 Å². The average Bonchev–Trinajstić information content (AvgIpc) is 3.22. The molecule has 0 atom stereocenters. The van der Waals surface area contributed by atoms with Crippen molar-refractivity contribution in [1.82, 2.24) is 25.0 Å². The Morgan fingerprint density at radius 1 is 1.17 bits per heavy atom. The average molecular weight is 324 g/mol. The molecule has 6 heteroatoms. The number of hydrogen-bond acceptors (Lipinski definition) is 3. The lowest BCUT2D eigenvalue weighted by atomic mass is 10.0. The molecular formula is C18H24N6. The Kier molecular flexibility index (Phi) is 4.19. The van der Waals surface area contributed by atoms with Crippen molar-refractivity contribution in [3.05, 3.63) is 47.0 Å². The molecule has 0 spiro atoms. The third-order valence-corrected chi connectivity index (χ3v) is 4.82. The number of rotatable bonds is 3. The normalized spacial score (nSPS) is 16.9. The van der Waals surface area contributed by atoms with E-state index in [1.165, 1.54) is 17.5 Å². The van der Waals surface area contributed by atoms with Gasteiger partial charge < -0.3 is 14.8 Å². The Hall–Kier alpha value is -2.37. The number of fused-ring (bicyclic) bond motifs is 2. The molecule has 24 heavy (non-hydrogen) atoms. The number of hydrogen-bond donors (Lipinski definition) is 1. The predicted octanol–water partition coefficient (Wildman–Crippen LogP) is 1.75. The van der Waals surface area contributed by atoms with Crippen molar-refractivity contribution in [2.45, 2.75) is 45.8 Å². The first-order valence-corrected chi connectivity index (χ1v) is 8.86. The summed E-state index contributed by atoms with van der Waals surface area (Å²) >= 11 is 0. The minimum Gasteiger partial charge on any atom is -0.356 e. The minimum absolute atomic E-state index is 0.591. The Balaban J connectivity index is 1.52. The largest absolute Gasteiger partial charge is 0.356 e. The van der Waals surface area contributed by atoms with Crippen molar-refractivity contribution < 1.29 is 0 Å². The number of guanidine groups is 1. The molecule has 0 saturated heterocycles. The van der Waals surface area contributed by atoms with Crippen molar-refractivity contribution in [3.63, 3.8) is 0 Å². The number of nitrogens with zero attached hydrogens (tertiary/aromatic N) is 5. The second kappa shape index (κ2) is 6.63. The molecule has 126 valence electrons. The maximum Gasteiger partial charge on any atom is 0.194 e. The zero-order chi connectivity index (χ0) is 16.4. The van der Waals surface area contributed by atoms with Crippen LogP contribution in [0.3, 0.4) is 0 Å². The van der Waals surface area contributed by atoms with Gasteiger partial charge in [0.15, 0.2) is 11.8 Å². The Morgan fingerprint density at radius 2 is 2.04 bits per heavy atom. The van der Waals surface area contributed by atoms with Crippen LogP contribution < -0.4 is 5.32 Å². The molecule has 1 aromatic heterocycles. The fourth-order valence-corrected chi connectivity index (χ4v) is 3.58. The summed E-state index contributed by atoms with van der Waals surface area (Å²) in [5, 5.41) is 12.0. The molecule has 1 N–H and O–H groups in total. The Labute approximate surface area is 142 Å². The summed E-state index contributed by atoms with van der Waals surface area (Å²) in [6, 6.07) is 8.69. The first-order chi connectivity index (χ1) is 11.8. The molecule has 2 aliphatic rings. The second-order valence-corrected chi connectivity index (χ2v) is 6.40. The van der Waals surface area contributed by atoms with Crippen molar-refractivity contribution >= 4 is 5.96 Å². The van der Waals surface area contributed by atoms with Crippen LogP contribution in [0.4, 0.5) is 0 Å². The van der Waals surface area contributed by atoms with Crippen molar-refractivity contribution in [1.29, 1.82) is 0 Å². The maximum absolute atomic E-state index is 4.84. The molecule has 0 saturated carbocycles. The van der Waals surface area contributed by atoms with E-state index in [9.17, 15) is 0 Å². The highest BCUT2D eigenvalue weighted by Crippen LogP contribution is 2.19. The summed E-state index contributed by atoms with van der Waals surface area (Å²) in [5.74, 6) is 3.06. The minimum atomic E-state index is 0.591. The first-order valence-electron chi connectivity index (χ1n) is 8.86. The predicted molar refractivity (Wildman–Crippen MR) is 93.7 cm³/mol. The molecule has 3 heterocycles. The van der Waals surface area contributed by atoms with E-state index < -0.39 is 0 Å². The molecular weight excluding hydrogens is 300 g/mol. The van der Waals surface area contributed by atoms with Gasteiger partial charge in [-0.1, -0.05) is 24.3 Å². The maximum atomic E-state index is 4.84. The lowest BCUT2D eigenvalue weighted by Crippen LogP contribution is -2.44. The van der Waals surface area contributed by atoms with Gasteiger partial charge >= 0.3 is 0 Å². The summed E-state index contributed by atoms with van der Waals surface area (Å²) in [6.07, 6.45) is 3.28. The van der Waals surface area contributed by atoms with Crippen molar-refractivity contribution in [3.8, 4) is 0 Å². The number of aromatic nitrogens is 3. The van der Waals surface area contributed by atoms with Crippen LogP contribution in [0.15, 0.2) is 29.3 Å². The molecule has 0 aliphatic carbocycles. The molecule has 0 amide bonds. The fourth-order valence-electron chi connectivity index (χ4n) is 3.58. The van der Waals surface area contributed by atoms with Gasteiger partial charge in [0.05, 0.1) is 0 Å². The summed E-state index contributed by atoms with van der Waals surface area (Å²) in [5.41, 5.74) is 2.86. The number of benzene rings is 1. The number of aliphatic imine (C=N–C) groups is 1. The quantitative estimate of drug-likeness (QED) is 0.690. The van der Waals surface area contributed by atoms with Gasteiger partial charge in [-0.15, -0.1) is 10.2 Å². The van der Waals surface area contributed by atoms with E-state index in [4.69, 9.17) is 4.99 Å². The van der Waals surface area contributed by atoms with Crippen LogP contribution in [-0.4, -0.2) is 38.7 Å². The van der Waals surface area contributed by atoms with E-state index in [0.29, 0.717) is 6.54 Å². The van der Waals surface area contributed by atoms with E-state index in [-0.39, 0.29) is 0 Å². The Morgan fingerprint density at radius 3 is 2.92 bits per heavy atom. The van der Waals surface area contributed by atoms with Crippen molar-refractivity contribution in [2.75, 3.05) is 13.1 Å². The van der Waals surface area contributed by atoms with Crippen LogP contribution in [-0.2, 0) is 32.5 Å². The topological polar surface area (TPSA) is 58.3 Å². The number of nitrogens with one attached hydrogen (secondary N) is 1. The van der Waals surface area contributed by atoms with Gasteiger partial charge in [-0.05, 0) is 30.9 Å². The molecule has 2 aromatic rings. The van der Waals surface area contributed by atoms with Gasteiger partial charge in [-0.2, -0.15) is 0 Å². The summed E-state index contributed by atoms with van der Waals surface area (Å²) in [7, 11) is 0. The highest BCUT2D eigenvalue weighted by molar-refractivity contribution is 5.80. The standard InChI is InChI=1S/C18H24N6/c1-2-19-18(20-12-17-22-21-16-8-5-10-24(16)17)23-11-9-14-6-3-4-7-15(14)13-23/h3-4,6-7H,2,5,8-13H2,1H3,(H,19,20). The van der Waals surface area contributed by atoms with Gasteiger partial charge in [0.1, 0.15) is 12.4 Å². The third-order valence-electron chi connectivity index (χ3n) is 4.82. The van der Waals surface area contributed by atoms with E-state index in [0.717, 1.165) is 56.6 Å². The van der Waals surface area contributed by atoms with Gasteiger partial charge in [-0.3, -0.25) is 0 Å². The zero-order valence-electron chi connectivity index (χ0n) is 14.2. The third kappa shape index (κ3) is 2.88. The second-order valence-electron chi connectivity index (χ2n) is 6.40. The summed E-state index contributed by atoms with van der Waals surface area (Å²) < 4.78 is 2.22. The SMILES string of the molecule is CCNC(=NCc1nnc2n1CCC2)N1CCc2ccccc2C1. The smallest absolute Gasteiger partial charge is 0.194 e. The fraction of sp³-hybridized carbons (Fsp3) is 0.500. The van der Waals surface area contributed by atoms with Crippen LogP contribution in [0.1, 0.15) is 36.1 Å². The molecule has 0 unspecified atom stereocenters.